The smallest absolute Gasteiger partial charge is 0.356 e. The van der Waals surface area contributed by atoms with E-state index in [4.69, 9.17) is 0 Å². The fourth-order valence-electron chi connectivity index (χ4n) is 2.23. The number of aromatic amines is 1. The number of halogens is 3. The molecule has 3 aromatic rings. The van der Waals surface area contributed by atoms with E-state index in [0.29, 0.717) is 17.5 Å². The largest absolute Gasteiger partial charge is 0.417 e. The van der Waals surface area contributed by atoms with E-state index in [9.17, 15) is 13.2 Å². The Balaban J connectivity index is 1.90. The number of hydrogen-bond donors (Lipinski definition) is 2. The third kappa shape index (κ3) is 3.53. The highest BCUT2D eigenvalue weighted by atomic mass is 19.4. The van der Waals surface area contributed by atoms with Gasteiger partial charge in [0.1, 0.15) is 17.7 Å². The molecule has 0 aliphatic carbocycles. The molecule has 0 saturated heterocycles. The molecule has 1 unspecified atom stereocenters. The van der Waals surface area contributed by atoms with Gasteiger partial charge < -0.3 is 5.32 Å². The first-order valence-electron chi connectivity index (χ1n) is 7.17. The Morgan fingerprint density at radius 2 is 1.83 bits per heavy atom. The molecule has 3 rings (SSSR count). The first kappa shape index (κ1) is 16.0. The van der Waals surface area contributed by atoms with Crippen molar-refractivity contribution in [3.63, 3.8) is 0 Å². The summed E-state index contributed by atoms with van der Waals surface area (Å²) < 4.78 is 37.9. The lowest BCUT2D eigenvalue weighted by molar-refractivity contribution is -0.137. The zero-order valence-electron chi connectivity index (χ0n) is 12.7. The quantitative estimate of drug-likeness (QED) is 0.763. The minimum atomic E-state index is -4.41. The fourth-order valence-corrected chi connectivity index (χ4v) is 2.23. The number of hydrogen-bond acceptors (Lipinski definition) is 4. The van der Waals surface area contributed by atoms with Gasteiger partial charge in [0, 0.05) is 6.20 Å². The van der Waals surface area contributed by atoms with E-state index in [0.717, 1.165) is 17.8 Å². The van der Waals surface area contributed by atoms with E-state index < -0.39 is 17.8 Å². The second-order valence-electron chi connectivity index (χ2n) is 5.20. The van der Waals surface area contributed by atoms with Crippen LogP contribution in [0, 0.1) is 6.92 Å². The Morgan fingerprint density at radius 3 is 2.38 bits per heavy atom. The fraction of sp³-hybridized carbons (Fsp3) is 0.188. The van der Waals surface area contributed by atoms with E-state index >= 15 is 0 Å². The van der Waals surface area contributed by atoms with E-state index in [1.165, 1.54) is 6.07 Å². The van der Waals surface area contributed by atoms with Gasteiger partial charge >= 0.3 is 6.18 Å². The molecule has 2 heterocycles. The number of anilines is 1. The molecular weight excluding hydrogens is 319 g/mol. The maximum Gasteiger partial charge on any atom is 0.417 e. The number of benzene rings is 1. The number of aryl methyl sites for hydroxylation is 1. The highest BCUT2D eigenvalue weighted by molar-refractivity contribution is 5.42. The molecule has 1 aromatic carbocycles. The summed E-state index contributed by atoms with van der Waals surface area (Å²) in [6.07, 6.45) is -3.61. The van der Waals surface area contributed by atoms with Crippen molar-refractivity contribution in [2.24, 2.45) is 0 Å². The lowest BCUT2D eigenvalue weighted by Crippen LogP contribution is -2.15. The van der Waals surface area contributed by atoms with Gasteiger partial charge in [0.2, 0.25) is 0 Å². The van der Waals surface area contributed by atoms with Crippen molar-refractivity contribution in [3.8, 4) is 0 Å². The van der Waals surface area contributed by atoms with Crippen molar-refractivity contribution < 1.29 is 13.2 Å². The molecule has 5 nitrogen and oxygen atoms in total. The van der Waals surface area contributed by atoms with Gasteiger partial charge in [-0.25, -0.2) is 9.97 Å². The summed E-state index contributed by atoms with van der Waals surface area (Å²) in [5, 5.41) is 9.98. The van der Waals surface area contributed by atoms with Crippen molar-refractivity contribution in [2.45, 2.75) is 19.1 Å². The summed E-state index contributed by atoms with van der Waals surface area (Å²) in [4.78, 5) is 8.15. The van der Waals surface area contributed by atoms with E-state index in [-0.39, 0.29) is 0 Å². The van der Waals surface area contributed by atoms with Gasteiger partial charge in [-0.15, -0.1) is 0 Å². The van der Waals surface area contributed by atoms with Crippen LogP contribution >= 0.6 is 0 Å². The third-order valence-corrected chi connectivity index (χ3v) is 3.39. The number of aromatic nitrogens is 4. The van der Waals surface area contributed by atoms with Crippen LogP contribution in [0.3, 0.4) is 0 Å². The van der Waals surface area contributed by atoms with Crippen LogP contribution in [0.5, 0.6) is 0 Å². The third-order valence-electron chi connectivity index (χ3n) is 3.39. The zero-order valence-corrected chi connectivity index (χ0v) is 12.7. The van der Waals surface area contributed by atoms with Crippen LogP contribution in [0.2, 0.25) is 0 Å². The molecular formula is C16H14F3N5. The summed E-state index contributed by atoms with van der Waals surface area (Å²) in [5.74, 6) is 1.44. The van der Waals surface area contributed by atoms with Gasteiger partial charge in [0.15, 0.2) is 5.82 Å². The molecule has 0 radical (unpaired) electrons. The summed E-state index contributed by atoms with van der Waals surface area (Å²) in [7, 11) is 0. The van der Waals surface area contributed by atoms with Gasteiger partial charge in [0.05, 0.1) is 5.56 Å². The lowest BCUT2D eigenvalue weighted by atomic mass is 10.1. The van der Waals surface area contributed by atoms with E-state index in [2.05, 4.69) is 25.5 Å². The molecule has 0 bridgehead atoms. The van der Waals surface area contributed by atoms with Crippen LogP contribution in [0.15, 0.2) is 48.7 Å². The molecule has 2 aromatic heterocycles. The van der Waals surface area contributed by atoms with Crippen LogP contribution in [0.25, 0.3) is 0 Å². The van der Waals surface area contributed by atoms with Gasteiger partial charge in [-0.3, -0.25) is 5.10 Å². The number of alkyl halides is 3. The number of nitrogens with zero attached hydrogens (tertiary/aromatic N) is 3. The highest BCUT2D eigenvalue weighted by Gasteiger charge is 2.30. The topological polar surface area (TPSA) is 66.5 Å². The SMILES string of the molecule is Cc1nc(C(Nc2ccc(C(F)(F)F)cn2)c2ccccc2)n[nH]1. The molecule has 1 atom stereocenters. The van der Waals surface area contributed by atoms with Crippen LogP contribution in [0.1, 0.15) is 28.8 Å². The molecule has 0 aliphatic heterocycles. The maximum atomic E-state index is 12.6. The molecule has 0 amide bonds. The lowest BCUT2D eigenvalue weighted by Gasteiger charge is -2.17. The standard InChI is InChI=1S/C16H14F3N5/c1-10-21-15(24-23-10)14(11-5-3-2-4-6-11)22-13-8-7-12(9-20-13)16(17,18)19/h2-9,14H,1H3,(H,20,22)(H,21,23,24). The summed E-state index contributed by atoms with van der Waals surface area (Å²) in [5.41, 5.74) is 0.0799. The van der Waals surface area contributed by atoms with Crippen molar-refractivity contribution in [3.05, 3.63) is 71.4 Å². The second kappa shape index (κ2) is 6.31. The monoisotopic (exact) mass is 333 g/mol. The average molecular weight is 333 g/mol. The molecule has 0 spiro atoms. The Labute approximate surface area is 136 Å². The number of H-pyrrole nitrogens is 1. The predicted molar refractivity (Wildman–Crippen MR) is 82.3 cm³/mol. The van der Waals surface area contributed by atoms with Crippen LogP contribution in [-0.2, 0) is 6.18 Å². The number of pyridine rings is 1. The Kier molecular flexibility index (Phi) is 4.20. The average Bonchev–Trinajstić information content (AvgIpc) is 2.99. The highest BCUT2D eigenvalue weighted by Crippen LogP contribution is 2.30. The van der Waals surface area contributed by atoms with Gasteiger partial charge in [-0.1, -0.05) is 30.3 Å². The zero-order chi connectivity index (χ0) is 17.2. The normalized spacial score (nSPS) is 12.8. The van der Waals surface area contributed by atoms with Crippen LogP contribution in [0.4, 0.5) is 19.0 Å². The summed E-state index contributed by atoms with van der Waals surface area (Å²) in [6.45, 7) is 1.77. The number of nitrogens with one attached hydrogen (secondary N) is 2. The van der Waals surface area contributed by atoms with Crippen LogP contribution < -0.4 is 5.32 Å². The molecule has 24 heavy (non-hydrogen) atoms. The number of rotatable bonds is 4. The maximum absolute atomic E-state index is 12.6. The Bertz CT molecular complexity index is 797. The van der Waals surface area contributed by atoms with Crippen LogP contribution in [-0.4, -0.2) is 20.2 Å². The minimum Gasteiger partial charge on any atom is -0.356 e. The molecule has 0 fully saturated rings. The predicted octanol–water partition coefficient (Wildman–Crippen LogP) is 3.73. The Morgan fingerprint density at radius 1 is 1.08 bits per heavy atom. The van der Waals surface area contributed by atoms with Gasteiger partial charge in [0.25, 0.3) is 0 Å². The van der Waals surface area contributed by atoms with E-state index in [1.54, 1.807) is 6.92 Å². The van der Waals surface area contributed by atoms with Crippen molar-refractivity contribution in [1.82, 2.24) is 20.2 Å². The van der Waals surface area contributed by atoms with Crippen molar-refractivity contribution in [1.29, 1.82) is 0 Å². The molecule has 0 saturated carbocycles. The van der Waals surface area contributed by atoms with Crippen molar-refractivity contribution in [2.75, 3.05) is 5.32 Å². The van der Waals surface area contributed by atoms with Crippen molar-refractivity contribution >= 4 is 5.82 Å². The minimum absolute atomic E-state index is 0.305. The first-order chi connectivity index (χ1) is 11.4. The molecule has 124 valence electrons. The summed E-state index contributed by atoms with van der Waals surface area (Å²) >= 11 is 0. The molecule has 0 aliphatic rings. The Hall–Kier alpha value is -2.90. The van der Waals surface area contributed by atoms with Gasteiger partial charge in [-0.2, -0.15) is 18.3 Å². The summed E-state index contributed by atoms with van der Waals surface area (Å²) in [6, 6.07) is 11.2. The molecule has 8 heteroatoms. The van der Waals surface area contributed by atoms with Gasteiger partial charge in [-0.05, 0) is 24.6 Å². The van der Waals surface area contributed by atoms with E-state index in [1.807, 2.05) is 30.3 Å². The second-order valence-corrected chi connectivity index (χ2v) is 5.20. The molecule has 2 N–H and O–H groups in total. The first-order valence-corrected chi connectivity index (χ1v) is 7.17.